The van der Waals surface area contributed by atoms with Gasteiger partial charge in [-0.3, -0.25) is 24.5 Å². The van der Waals surface area contributed by atoms with E-state index in [2.05, 4.69) is 26.3 Å². The van der Waals surface area contributed by atoms with Crippen molar-refractivity contribution in [3.8, 4) is 6.07 Å². The molecule has 3 aromatic rings. The maximum atomic E-state index is 13.2. The highest BCUT2D eigenvalue weighted by atomic mass is 16.2. The number of carbonyl (C=O) groups excluding carboxylic acids is 2. The summed E-state index contributed by atoms with van der Waals surface area (Å²) in [5.41, 5.74) is 3.06. The zero-order valence-electron chi connectivity index (χ0n) is 19.7. The van der Waals surface area contributed by atoms with E-state index < -0.39 is 12.1 Å². The summed E-state index contributed by atoms with van der Waals surface area (Å²) in [7, 11) is 0. The zero-order chi connectivity index (χ0) is 24.6. The topological polar surface area (TPSA) is 102 Å². The Kier molecular flexibility index (Phi) is 7.81. The fraction of sp³-hybridized carbons (Fsp3) is 0.296. The first-order valence-electron chi connectivity index (χ1n) is 11.7. The molecule has 4 rings (SSSR count). The number of aryl methyl sites for hydroxylation is 1. The largest absolute Gasteiger partial charge is 0.345 e. The van der Waals surface area contributed by atoms with Gasteiger partial charge in [0.2, 0.25) is 5.91 Å². The number of pyridine rings is 2. The SMILES string of the molecule is Cc1ncccc1C(C#N)N1CCN(C(=O)CC(NC(=O)c2cccnc2)c2ccccc2)CC1. The number of rotatable bonds is 7. The van der Waals surface area contributed by atoms with Crippen molar-refractivity contribution in [3.63, 3.8) is 0 Å². The summed E-state index contributed by atoms with van der Waals surface area (Å²) in [5.74, 6) is -0.302. The molecular formula is C27H28N6O2. The molecule has 1 N–H and O–H groups in total. The van der Waals surface area contributed by atoms with E-state index in [0.29, 0.717) is 31.7 Å². The molecule has 1 saturated heterocycles. The van der Waals surface area contributed by atoms with Gasteiger partial charge in [0.25, 0.3) is 5.91 Å². The number of nitriles is 1. The Hall–Kier alpha value is -4.09. The number of hydrogen-bond donors (Lipinski definition) is 1. The lowest BCUT2D eigenvalue weighted by Gasteiger charge is -2.37. The molecule has 8 heteroatoms. The third-order valence-corrected chi connectivity index (χ3v) is 6.31. The summed E-state index contributed by atoms with van der Waals surface area (Å²) in [5, 5.41) is 12.8. The molecule has 0 saturated carbocycles. The molecule has 35 heavy (non-hydrogen) atoms. The third kappa shape index (κ3) is 5.89. The van der Waals surface area contributed by atoms with E-state index in [1.54, 1.807) is 24.5 Å². The second-order valence-corrected chi connectivity index (χ2v) is 8.51. The van der Waals surface area contributed by atoms with Crippen LogP contribution >= 0.6 is 0 Å². The summed E-state index contributed by atoms with van der Waals surface area (Å²) in [6.45, 7) is 4.14. The molecular weight excluding hydrogens is 440 g/mol. The first kappa shape index (κ1) is 24.0. The van der Waals surface area contributed by atoms with Gasteiger partial charge in [0.1, 0.15) is 6.04 Å². The standard InChI is InChI=1S/C27H28N6O2/c1-20-23(10-6-12-30-20)25(18-28)32-13-15-33(16-14-32)26(34)17-24(21-7-3-2-4-8-21)31-27(35)22-9-5-11-29-19-22/h2-12,19,24-25H,13-17H2,1H3,(H,31,35). The van der Waals surface area contributed by atoms with Crippen LogP contribution in [0.4, 0.5) is 0 Å². The smallest absolute Gasteiger partial charge is 0.253 e. The fourth-order valence-electron chi connectivity index (χ4n) is 4.34. The highest BCUT2D eigenvalue weighted by Gasteiger charge is 2.29. The molecule has 0 aliphatic carbocycles. The normalized spacial score (nSPS) is 15.6. The summed E-state index contributed by atoms with van der Waals surface area (Å²) in [4.78, 5) is 38.2. The van der Waals surface area contributed by atoms with Gasteiger partial charge in [-0.15, -0.1) is 0 Å². The number of nitrogens with one attached hydrogen (secondary N) is 1. The number of nitrogens with zero attached hydrogens (tertiary/aromatic N) is 5. The van der Waals surface area contributed by atoms with Crippen LogP contribution in [0.3, 0.4) is 0 Å². The molecule has 8 nitrogen and oxygen atoms in total. The quantitative estimate of drug-likeness (QED) is 0.572. The van der Waals surface area contributed by atoms with Crippen molar-refractivity contribution in [3.05, 3.63) is 95.6 Å². The lowest BCUT2D eigenvalue weighted by atomic mass is 10.0. The van der Waals surface area contributed by atoms with Gasteiger partial charge >= 0.3 is 0 Å². The van der Waals surface area contributed by atoms with Crippen molar-refractivity contribution in [2.24, 2.45) is 0 Å². The molecule has 2 amide bonds. The van der Waals surface area contributed by atoms with Crippen molar-refractivity contribution in [1.29, 1.82) is 5.26 Å². The van der Waals surface area contributed by atoms with E-state index in [0.717, 1.165) is 16.8 Å². The van der Waals surface area contributed by atoms with Crippen LogP contribution in [0.2, 0.25) is 0 Å². The van der Waals surface area contributed by atoms with E-state index in [4.69, 9.17) is 0 Å². The zero-order valence-corrected chi connectivity index (χ0v) is 19.7. The van der Waals surface area contributed by atoms with Gasteiger partial charge in [0.05, 0.1) is 24.1 Å². The Balaban J connectivity index is 1.41. The highest BCUT2D eigenvalue weighted by molar-refractivity contribution is 5.94. The molecule has 3 heterocycles. The molecule has 0 spiro atoms. The molecule has 1 aromatic carbocycles. The lowest BCUT2D eigenvalue weighted by Crippen LogP contribution is -2.50. The molecule has 1 aliphatic heterocycles. The summed E-state index contributed by atoms with van der Waals surface area (Å²) < 4.78 is 0. The maximum Gasteiger partial charge on any atom is 0.253 e. The molecule has 1 fully saturated rings. The van der Waals surface area contributed by atoms with Gasteiger partial charge < -0.3 is 10.2 Å². The van der Waals surface area contributed by atoms with Gasteiger partial charge in [-0.25, -0.2) is 0 Å². The monoisotopic (exact) mass is 468 g/mol. The number of benzene rings is 1. The Morgan fingerprint density at radius 1 is 1.03 bits per heavy atom. The summed E-state index contributed by atoms with van der Waals surface area (Å²) in [6.07, 6.45) is 4.99. The summed E-state index contributed by atoms with van der Waals surface area (Å²) in [6, 6.07) is 18.2. The molecule has 0 radical (unpaired) electrons. The first-order valence-corrected chi connectivity index (χ1v) is 11.7. The minimum Gasteiger partial charge on any atom is -0.345 e. The number of amides is 2. The molecule has 178 valence electrons. The minimum absolute atomic E-state index is 0.0314. The van der Waals surface area contributed by atoms with Crippen molar-refractivity contribution in [2.75, 3.05) is 26.2 Å². The van der Waals surface area contributed by atoms with Crippen LogP contribution in [-0.4, -0.2) is 57.8 Å². The summed E-state index contributed by atoms with van der Waals surface area (Å²) >= 11 is 0. The average molecular weight is 469 g/mol. The van der Waals surface area contributed by atoms with Crippen molar-refractivity contribution in [2.45, 2.75) is 25.4 Å². The number of hydrogen-bond acceptors (Lipinski definition) is 6. The van der Waals surface area contributed by atoms with Crippen LogP contribution in [0.1, 0.15) is 45.7 Å². The van der Waals surface area contributed by atoms with E-state index >= 15 is 0 Å². The average Bonchev–Trinajstić information content (AvgIpc) is 2.91. The molecule has 2 atom stereocenters. The maximum absolute atomic E-state index is 13.2. The highest BCUT2D eigenvalue weighted by Crippen LogP contribution is 2.24. The molecule has 2 unspecified atom stereocenters. The minimum atomic E-state index is -0.459. The van der Waals surface area contributed by atoms with Crippen LogP contribution in [0, 0.1) is 18.3 Å². The lowest BCUT2D eigenvalue weighted by molar-refractivity contribution is -0.133. The van der Waals surface area contributed by atoms with Gasteiger partial charge in [-0.05, 0) is 30.7 Å². The van der Waals surface area contributed by atoms with E-state index in [1.165, 1.54) is 6.20 Å². The predicted octanol–water partition coefficient (Wildman–Crippen LogP) is 3.06. The third-order valence-electron chi connectivity index (χ3n) is 6.31. The second kappa shape index (κ2) is 11.4. The Morgan fingerprint density at radius 3 is 2.43 bits per heavy atom. The Bertz CT molecular complexity index is 1190. The predicted molar refractivity (Wildman–Crippen MR) is 131 cm³/mol. The van der Waals surface area contributed by atoms with Crippen LogP contribution in [0.15, 0.2) is 73.2 Å². The van der Waals surface area contributed by atoms with E-state index in [1.807, 2.05) is 54.3 Å². The number of aromatic nitrogens is 2. The Labute approximate surface area is 205 Å². The Morgan fingerprint density at radius 2 is 1.77 bits per heavy atom. The van der Waals surface area contributed by atoms with E-state index in [-0.39, 0.29) is 18.2 Å². The van der Waals surface area contributed by atoms with Crippen LogP contribution < -0.4 is 5.32 Å². The van der Waals surface area contributed by atoms with Crippen molar-refractivity contribution < 1.29 is 9.59 Å². The van der Waals surface area contributed by atoms with Gasteiger partial charge in [0, 0.05) is 56.0 Å². The van der Waals surface area contributed by atoms with Crippen molar-refractivity contribution >= 4 is 11.8 Å². The molecule has 1 aliphatic rings. The number of carbonyl (C=O) groups is 2. The first-order chi connectivity index (χ1) is 17.1. The van der Waals surface area contributed by atoms with E-state index in [9.17, 15) is 14.9 Å². The van der Waals surface area contributed by atoms with Gasteiger partial charge in [-0.1, -0.05) is 36.4 Å². The van der Waals surface area contributed by atoms with Gasteiger partial charge in [0.15, 0.2) is 0 Å². The van der Waals surface area contributed by atoms with Crippen LogP contribution in [0.5, 0.6) is 0 Å². The molecule has 0 bridgehead atoms. The van der Waals surface area contributed by atoms with Gasteiger partial charge in [-0.2, -0.15) is 5.26 Å². The number of piperazine rings is 1. The van der Waals surface area contributed by atoms with Crippen molar-refractivity contribution in [1.82, 2.24) is 25.1 Å². The second-order valence-electron chi connectivity index (χ2n) is 8.51. The fourth-order valence-corrected chi connectivity index (χ4v) is 4.34. The van der Waals surface area contributed by atoms with Crippen LogP contribution in [0.25, 0.3) is 0 Å². The van der Waals surface area contributed by atoms with Crippen LogP contribution in [-0.2, 0) is 4.79 Å². The molecule has 2 aromatic heterocycles.